The van der Waals surface area contributed by atoms with Crippen LogP contribution >= 0.6 is 11.6 Å². The van der Waals surface area contributed by atoms with E-state index in [9.17, 15) is 0 Å². The molecule has 0 aliphatic rings. The number of benzene rings is 1. The van der Waals surface area contributed by atoms with Crippen molar-refractivity contribution in [3.63, 3.8) is 0 Å². The number of ether oxygens (including phenoxy) is 1. The molecule has 5 heteroatoms. The molecule has 0 saturated heterocycles. The van der Waals surface area contributed by atoms with Crippen LogP contribution in [0.15, 0.2) is 29.4 Å². The molecule has 0 spiro atoms. The van der Waals surface area contributed by atoms with Gasteiger partial charge >= 0.3 is 0 Å². The van der Waals surface area contributed by atoms with E-state index < -0.39 is 6.10 Å². The molecule has 1 atom stereocenters. The highest BCUT2D eigenvalue weighted by molar-refractivity contribution is 6.30. The topological polar surface area (TPSA) is 67.8 Å². The number of hydrogen-bond donors (Lipinski definition) is 2. The van der Waals surface area contributed by atoms with E-state index in [4.69, 9.17) is 27.3 Å². The lowest BCUT2D eigenvalue weighted by Crippen LogP contribution is -2.31. The lowest BCUT2D eigenvalue weighted by Gasteiger charge is -2.12. The SMILES string of the molecule is C[C@H](Oc1ccc(Cl)cc1)/C(N)=N\O. The number of oxime groups is 1. The predicted octanol–water partition coefficient (Wildman–Crippen LogP) is 1.85. The second-order valence-electron chi connectivity index (χ2n) is 2.74. The van der Waals surface area contributed by atoms with Crippen molar-refractivity contribution in [2.45, 2.75) is 13.0 Å². The van der Waals surface area contributed by atoms with Crippen molar-refractivity contribution in [2.75, 3.05) is 0 Å². The number of hydrogen-bond acceptors (Lipinski definition) is 3. The summed E-state index contributed by atoms with van der Waals surface area (Å²) in [5.74, 6) is 0.647. The van der Waals surface area contributed by atoms with Gasteiger partial charge in [0.05, 0.1) is 0 Å². The summed E-state index contributed by atoms with van der Waals surface area (Å²) < 4.78 is 5.35. The summed E-state index contributed by atoms with van der Waals surface area (Å²) >= 11 is 5.69. The lowest BCUT2D eigenvalue weighted by molar-refractivity contribution is 0.265. The fraction of sp³-hybridized carbons (Fsp3) is 0.222. The van der Waals surface area contributed by atoms with Gasteiger partial charge in [0.2, 0.25) is 0 Å². The molecule has 4 nitrogen and oxygen atoms in total. The van der Waals surface area contributed by atoms with Crippen molar-refractivity contribution in [3.05, 3.63) is 29.3 Å². The van der Waals surface area contributed by atoms with Gasteiger partial charge in [-0.3, -0.25) is 0 Å². The third kappa shape index (κ3) is 2.81. The Morgan fingerprint density at radius 1 is 1.50 bits per heavy atom. The maximum atomic E-state index is 8.39. The van der Waals surface area contributed by atoms with Crippen LogP contribution in [-0.4, -0.2) is 17.1 Å². The van der Waals surface area contributed by atoms with Crippen LogP contribution in [0.4, 0.5) is 0 Å². The van der Waals surface area contributed by atoms with Gasteiger partial charge in [-0.1, -0.05) is 16.8 Å². The van der Waals surface area contributed by atoms with Gasteiger partial charge in [-0.05, 0) is 31.2 Å². The van der Waals surface area contributed by atoms with Crippen LogP contribution < -0.4 is 10.5 Å². The maximum absolute atomic E-state index is 8.39. The first-order valence-corrected chi connectivity index (χ1v) is 4.41. The third-order valence-electron chi connectivity index (χ3n) is 1.66. The standard InChI is InChI=1S/C9H11ClN2O2/c1-6(9(11)12-13)14-8-4-2-7(10)3-5-8/h2-6,13H,1H3,(H2,11,12)/t6-/m0/s1. The van der Waals surface area contributed by atoms with E-state index in [1.165, 1.54) is 0 Å². The molecule has 0 bridgehead atoms. The first-order valence-electron chi connectivity index (χ1n) is 4.03. The second-order valence-corrected chi connectivity index (χ2v) is 3.18. The molecule has 0 radical (unpaired) electrons. The van der Waals surface area contributed by atoms with Gasteiger partial charge in [0.1, 0.15) is 5.75 Å². The van der Waals surface area contributed by atoms with Gasteiger partial charge in [0.25, 0.3) is 0 Å². The predicted molar refractivity (Wildman–Crippen MR) is 55.0 cm³/mol. The molecule has 76 valence electrons. The molecule has 0 aliphatic heterocycles. The highest BCUT2D eigenvalue weighted by Crippen LogP contribution is 2.16. The quantitative estimate of drug-likeness (QED) is 0.349. The minimum atomic E-state index is -0.471. The summed E-state index contributed by atoms with van der Waals surface area (Å²) in [5, 5.41) is 11.9. The van der Waals surface area contributed by atoms with Crippen molar-refractivity contribution in [1.29, 1.82) is 0 Å². The Morgan fingerprint density at radius 3 is 2.57 bits per heavy atom. The summed E-state index contributed by atoms with van der Waals surface area (Å²) in [6.45, 7) is 1.68. The monoisotopic (exact) mass is 214 g/mol. The van der Waals surface area contributed by atoms with Crippen LogP contribution in [-0.2, 0) is 0 Å². The average molecular weight is 215 g/mol. The molecule has 3 N–H and O–H groups in total. The Kier molecular flexibility index (Phi) is 3.59. The van der Waals surface area contributed by atoms with Crippen LogP contribution in [0.25, 0.3) is 0 Å². The smallest absolute Gasteiger partial charge is 0.180 e. The van der Waals surface area contributed by atoms with Crippen LogP contribution in [0, 0.1) is 0 Å². The van der Waals surface area contributed by atoms with Gasteiger partial charge in [-0.2, -0.15) is 0 Å². The highest BCUT2D eigenvalue weighted by atomic mass is 35.5. The fourth-order valence-electron chi connectivity index (χ4n) is 0.859. The number of nitrogens with two attached hydrogens (primary N) is 1. The van der Waals surface area contributed by atoms with Crippen LogP contribution in [0.5, 0.6) is 5.75 Å². The second kappa shape index (κ2) is 4.72. The normalized spacial score (nSPS) is 13.7. The van der Waals surface area contributed by atoms with Crippen molar-refractivity contribution in [3.8, 4) is 5.75 Å². The molecule has 1 aromatic rings. The molecule has 0 unspecified atom stereocenters. The van der Waals surface area contributed by atoms with E-state index in [0.29, 0.717) is 10.8 Å². The minimum Gasteiger partial charge on any atom is -0.483 e. The molecule has 1 aromatic carbocycles. The van der Waals surface area contributed by atoms with Gasteiger partial charge in [-0.25, -0.2) is 0 Å². The Hall–Kier alpha value is -1.42. The fourth-order valence-corrected chi connectivity index (χ4v) is 0.985. The molecule has 0 fully saturated rings. The zero-order chi connectivity index (χ0) is 10.6. The van der Waals surface area contributed by atoms with Crippen molar-refractivity contribution < 1.29 is 9.94 Å². The molecular weight excluding hydrogens is 204 g/mol. The molecule has 14 heavy (non-hydrogen) atoms. The zero-order valence-electron chi connectivity index (χ0n) is 7.64. The Labute approximate surface area is 86.9 Å². The maximum Gasteiger partial charge on any atom is 0.180 e. The third-order valence-corrected chi connectivity index (χ3v) is 1.91. The van der Waals surface area contributed by atoms with Gasteiger partial charge < -0.3 is 15.7 Å². The van der Waals surface area contributed by atoms with Crippen LogP contribution in [0.2, 0.25) is 5.02 Å². The number of amidine groups is 1. The lowest BCUT2D eigenvalue weighted by atomic mass is 10.3. The summed E-state index contributed by atoms with van der Waals surface area (Å²) in [7, 11) is 0. The largest absolute Gasteiger partial charge is 0.483 e. The summed E-state index contributed by atoms with van der Waals surface area (Å²) in [6, 6.07) is 6.83. The molecular formula is C9H11ClN2O2. The molecule has 0 heterocycles. The van der Waals surface area contributed by atoms with Gasteiger partial charge in [0, 0.05) is 5.02 Å². The van der Waals surface area contributed by atoms with Crippen molar-refractivity contribution in [1.82, 2.24) is 0 Å². The number of halogens is 1. The van der Waals surface area contributed by atoms with E-state index in [-0.39, 0.29) is 5.84 Å². The average Bonchev–Trinajstić information content (AvgIpc) is 2.20. The van der Waals surface area contributed by atoms with Gasteiger partial charge in [-0.15, -0.1) is 0 Å². The molecule has 0 aromatic heterocycles. The van der Waals surface area contributed by atoms with Crippen molar-refractivity contribution in [2.24, 2.45) is 10.9 Å². The van der Waals surface area contributed by atoms with E-state index in [1.807, 2.05) is 0 Å². The van der Waals surface area contributed by atoms with E-state index in [2.05, 4.69) is 5.16 Å². The molecule has 0 amide bonds. The first-order chi connectivity index (χ1) is 6.63. The van der Waals surface area contributed by atoms with Crippen LogP contribution in [0.3, 0.4) is 0 Å². The summed E-state index contributed by atoms with van der Waals surface area (Å²) in [5.41, 5.74) is 5.34. The zero-order valence-corrected chi connectivity index (χ0v) is 8.40. The van der Waals surface area contributed by atoms with E-state index in [0.717, 1.165) is 0 Å². The highest BCUT2D eigenvalue weighted by Gasteiger charge is 2.08. The van der Waals surface area contributed by atoms with Crippen LogP contribution in [0.1, 0.15) is 6.92 Å². The van der Waals surface area contributed by atoms with Crippen molar-refractivity contribution >= 4 is 17.4 Å². The van der Waals surface area contributed by atoms with E-state index >= 15 is 0 Å². The Balaban J connectivity index is 2.65. The molecule has 0 saturated carbocycles. The van der Waals surface area contributed by atoms with E-state index in [1.54, 1.807) is 31.2 Å². The Morgan fingerprint density at radius 2 is 2.07 bits per heavy atom. The Bertz CT molecular complexity index is 324. The molecule has 1 rings (SSSR count). The summed E-state index contributed by atoms with van der Waals surface area (Å²) in [6.07, 6.45) is -0.471. The first kappa shape index (κ1) is 10.7. The summed E-state index contributed by atoms with van der Waals surface area (Å²) in [4.78, 5) is 0. The molecule has 0 aliphatic carbocycles. The minimum absolute atomic E-state index is 0.0277. The van der Waals surface area contributed by atoms with Gasteiger partial charge in [0.15, 0.2) is 11.9 Å². The number of nitrogens with zero attached hydrogens (tertiary/aromatic N) is 1. The number of rotatable bonds is 3.